The summed E-state index contributed by atoms with van der Waals surface area (Å²) < 4.78 is 0. The molecule has 0 spiro atoms. The number of aliphatic hydroxyl groups is 1. The van der Waals surface area contributed by atoms with E-state index in [0.717, 1.165) is 5.71 Å². The number of aliphatic imine (C=N–C) groups is 1. The van der Waals surface area contributed by atoms with E-state index in [-0.39, 0.29) is 42.0 Å². The third-order valence-electron chi connectivity index (χ3n) is 10.8. The highest BCUT2D eigenvalue weighted by molar-refractivity contribution is 5.97. The van der Waals surface area contributed by atoms with Crippen molar-refractivity contribution < 1.29 is 24.6 Å². The Morgan fingerprint density at radius 1 is 1.21 bits per heavy atom. The molecule has 4 aliphatic carbocycles. The summed E-state index contributed by atoms with van der Waals surface area (Å²) in [4.78, 5) is 36.0. The fourth-order valence-electron chi connectivity index (χ4n) is 9.71. The quantitative estimate of drug-likeness (QED) is 0.545. The van der Waals surface area contributed by atoms with Crippen molar-refractivity contribution in [3.8, 4) is 0 Å². The van der Waals surface area contributed by atoms with Gasteiger partial charge in [0.2, 0.25) is 17.2 Å². The number of hydrogen-bond acceptors (Lipinski definition) is 6. The Labute approximate surface area is 197 Å². The number of carboxylic acid groups (broad SMARTS) is 1. The molecule has 9 aliphatic rings. The smallest absolute Gasteiger partial charge is 0.341 e. The summed E-state index contributed by atoms with van der Waals surface area (Å²) in [6.45, 7) is 2.32. The zero-order chi connectivity index (χ0) is 23.1. The van der Waals surface area contributed by atoms with Crippen LogP contribution in [0.3, 0.4) is 0 Å². The Hall–Kier alpha value is -2.45. The molecule has 0 aromatic heterocycles. The van der Waals surface area contributed by atoms with Crippen LogP contribution in [0.2, 0.25) is 0 Å². The summed E-state index contributed by atoms with van der Waals surface area (Å²) in [5.41, 5.74) is -0.0789. The molecule has 3 N–H and O–H groups in total. The van der Waals surface area contributed by atoms with Gasteiger partial charge < -0.3 is 15.5 Å². The molecule has 5 aliphatic heterocycles. The van der Waals surface area contributed by atoms with Crippen molar-refractivity contribution >= 4 is 17.6 Å². The van der Waals surface area contributed by atoms with Crippen LogP contribution in [0.25, 0.3) is 0 Å². The Kier molecular flexibility index (Phi) is 3.51. The van der Waals surface area contributed by atoms with Crippen LogP contribution in [-0.4, -0.2) is 56.8 Å². The first kappa shape index (κ1) is 19.8. The summed E-state index contributed by atoms with van der Waals surface area (Å²) in [6.07, 6.45) is 11.5. The van der Waals surface area contributed by atoms with Crippen molar-refractivity contribution in [2.24, 2.45) is 52.3 Å². The van der Waals surface area contributed by atoms with Crippen molar-refractivity contribution in [2.45, 2.75) is 50.0 Å². The number of carbonyl (C=O) groups excluding carboxylic acids is 1. The average molecular weight is 464 g/mol. The monoisotopic (exact) mass is 463 g/mol. The molecule has 8 heteroatoms. The molecule has 178 valence electrons. The van der Waals surface area contributed by atoms with E-state index in [4.69, 9.17) is 9.83 Å². The lowest BCUT2D eigenvalue weighted by Crippen LogP contribution is -2.62. The number of fused-ring (bicyclic) bond motifs is 7. The Morgan fingerprint density at radius 2 is 2.03 bits per heavy atom. The van der Waals surface area contributed by atoms with E-state index in [1.54, 1.807) is 6.92 Å². The molecular weight excluding hydrogens is 434 g/mol. The fourth-order valence-corrected chi connectivity index (χ4v) is 9.71. The molecule has 0 aromatic carbocycles. The highest BCUT2D eigenvalue weighted by Crippen LogP contribution is 2.69. The lowest BCUT2D eigenvalue weighted by molar-refractivity contribution is -0.279. The number of aliphatic carboxylic acids is 1. The predicted octanol–water partition coefficient (Wildman–Crippen LogP) is 1.64. The van der Waals surface area contributed by atoms with Crippen LogP contribution >= 0.6 is 0 Å². The minimum Gasteiger partial charge on any atom is -0.479 e. The summed E-state index contributed by atoms with van der Waals surface area (Å²) in [5.74, 6) is 1.22. The van der Waals surface area contributed by atoms with Gasteiger partial charge in [0.1, 0.15) is 0 Å². The number of rotatable bonds is 1. The molecule has 11 atom stereocenters. The second-order valence-electron chi connectivity index (χ2n) is 11.8. The topological polar surface area (TPSA) is 111 Å². The zero-order valence-corrected chi connectivity index (χ0v) is 19.1. The summed E-state index contributed by atoms with van der Waals surface area (Å²) in [5, 5.41) is 26.4. The molecule has 1 amide bonds. The molecule has 0 radical (unpaired) electrons. The number of hydrogen-bond donors (Lipinski definition) is 3. The van der Waals surface area contributed by atoms with E-state index in [2.05, 4.69) is 11.4 Å². The largest absolute Gasteiger partial charge is 0.479 e. The molecule has 9 rings (SSSR count). The number of carboxylic acids is 1. The van der Waals surface area contributed by atoms with Crippen LogP contribution in [0.1, 0.15) is 32.6 Å². The van der Waals surface area contributed by atoms with Crippen LogP contribution in [0.5, 0.6) is 0 Å². The molecule has 34 heavy (non-hydrogen) atoms. The highest BCUT2D eigenvalue weighted by atomic mass is 16.7. The van der Waals surface area contributed by atoms with Gasteiger partial charge in [-0.2, -0.15) is 0 Å². The Bertz CT molecular complexity index is 1170. The fraction of sp³-hybridized carbons (Fsp3) is 0.654. The van der Waals surface area contributed by atoms with Crippen LogP contribution in [-0.2, 0) is 14.4 Å². The van der Waals surface area contributed by atoms with Gasteiger partial charge in [-0.15, -0.1) is 0 Å². The number of amides is 1. The number of carbonyl (C=O) groups is 2. The van der Waals surface area contributed by atoms with Gasteiger partial charge in [0.05, 0.1) is 6.04 Å². The van der Waals surface area contributed by atoms with Gasteiger partial charge in [-0.25, -0.2) is 9.63 Å². The summed E-state index contributed by atoms with van der Waals surface area (Å²) in [6, 6.07) is -0.0719. The molecule has 5 heterocycles. The van der Waals surface area contributed by atoms with Crippen molar-refractivity contribution in [3.05, 3.63) is 35.6 Å². The molecule has 4 bridgehead atoms. The van der Waals surface area contributed by atoms with E-state index in [1.807, 2.05) is 23.4 Å². The molecule has 4 saturated carbocycles. The standard InChI is InChI=1S/C26H29N3O5/c1-25-26(33,24(31)32)9-15-22(28-25)20-12-5-2-4-11(12)18-16-10-27-17(30)8-14(16)13-6-3-7-29(34-25)23(15)21(20)19(13)18/h3,6-8,11-12,15-16,18-21,23,33H,2,4-5,9-10H2,1H3,(H,27,30)(H,31,32)/t11?,12?,15?,16?,18?,19?,20?,21?,23?,25-,26-/m1/s1. The summed E-state index contributed by atoms with van der Waals surface area (Å²) >= 11 is 0. The van der Waals surface area contributed by atoms with Crippen molar-refractivity contribution in [1.29, 1.82) is 0 Å². The van der Waals surface area contributed by atoms with E-state index in [9.17, 15) is 19.8 Å². The highest BCUT2D eigenvalue weighted by Gasteiger charge is 2.73. The minimum atomic E-state index is -2.07. The van der Waals surface area contributed by atoms with E-state index in [1.165, 1.54) is 30.4 Å². The van der Waals surface area contributed by atoms with Gasteiger partial charge in [-0.3, -0.25) is 14.9 Å². The van der Waals surface area contributed by atoms with Gasteiger partial charge in [-0.1, -0.05) is 12.5 Å². The minimum absolute atomic E-state index is 0.00857. The SMILES string of the molecule is C[C@]12N=C3C(C[C@@]1(O)C(=O)O)C1C4C3C3CCCC3C3C5CNC(=O)C=C5C(=CC=CN1O2)C34. The number of nitrogens with zero attached hydrogens (tertiary/aromatic N) is 2. The number of nitrogens with one attached hydrogen (secondary N) is 1. The molecule has 0 aromatic rings. The van der Waals surface area contributed by atoms with Gasteiger partial charge >= 0.3 is 5.97 Å². The molecular formula is C26H29N3O5. The third kappa shape index (κ3) is 2.04. The van der Waals surface area contributed by atoms with Crippen molar-refractivity contribution in [1.82, 2.24) is 10.4 Å². The van der Waals surface area contributed by atoms with Gasteiger partial charge in [0.15, 0.2) is 0 Å². The van der Waals surface area contributed by atoms with Crippen molar-refractivity contribution in [3.63, 3.8) is 0 Å². The lowest BCUT2D eigenvalue weighted by atomic mass is 9.57. The second-order valence-corrected chi connectivity index (χ2v) is 11.8. The van der Waals surface area contributed by atoms with Gasteiger partial charge in [-0.05, 0) is 66.6 Å². The molecule has 8 nitrogen and oxygen atoms in total. The zero-order valence-electron chi connectivity index (χ0n) is 19.1. The maximum Gasteiger partial charge on any atom is 0.341 e. The van der Waals surface area contributed by atoms with Crippen LogP contribution in [0, 0.1) is 47.3 Å². The number of hydroxylamine groups is 2. The first-order valence-corrected chi connectivity index (χ1v) is 12.7. The van der Waals surface area contributed by atoms with Gasteiger partial charge in [0.25, 0.3) is 0 Å². The lowest BCUT2D eigenvalue weighted by Gasteiger charge is -2.51. The van der Waals surface area contributed by atoms with E-state index < -0.39 is 17.3 Å². The maximum absolute atomic E-state index is 12.4. The number of allylic oxidation sites excluding steroid dienone is 3. The first-order valence-electron chi connectivity index (χ1n) is 12.7. The van der Waals surface area contributed by atoms with E-state index in [0.29, 0.717) is 30.2 Å². The predicted molar refractivity (Wildman–Crippen MR) is 120 cm³/mol. The maximum atomic E-state index is 12.4. The molecule has 9 unspecified atom stereocenters. The van der Waals surface area contributed by atoms with Crippen LogP contribution in [0.15, 0.2) is 40.6 Å². The second kappa shape index (κ2) is 6.02. The van der Waals surface area contributed by atoms with Crippen molar-refractivity contribution in [2.75, 3.05) is 6.54 Å². The Morgan fingerprint density at radius 3 is 2.85 bits per heavy atom. The van der Waals surface area contributed by atoms with Gasteiger partial charge in [0, 0.05) is 48.7 Å². The third-order valence-corrected chi connectivity index (χ3v) is 10.8. The molecule has 1 saturated heterocycles. The van der Waals surface area contributed by atoms with Crippen LogP contribution in [0.4, 0.5) is 0 Å². The summed E-state index contributed by atoms with van der Waals surface area (Å²) in [7, 11) is 0. The molecule has 5 fully saturated rings. The first-order chi connectivity index (χ1) is 16.3. The normalized spacial score (nSPS) is 53.1. The van der Waals surface area contributed by atoms with E-state index >= 15 is 0 Å². The Balaban J connectivity index is 1.38. The average Bonchev–Trinajstić information content (AvgIpc) is 3.40. The van der Waals surface area contributed by atoms with Crippen LogP contribution < -0.4 is 5.32 Å².